The van der Waals surface area contributed by atoms with Crippen molar-refractivity contribution in [3.8, 4) is 17.2 Å². The molecule has 2 heterocycles. The van der Waals surface area contributed by atoms with Gasteiger partial charge in [0.25, 0.3) is 0 Å². The normalized spacial score (nSPS) is 15.6. The number of benzene rings is 2. The minimum absolute atomic E-state index is 0.0163. The molecule has 1 aliphatic heterocycles. The first kappa shape index (κ1) is 21.0. The minimum Gasteiger partial charge on any atom is -0.493 e. The van der Waals surface area contributed by atoms with Crippen molar-refractivity contribution in [2.45, 2.75) is 12.5 Å². The van der Waals surface area contributed by atoms with Crippen LogP contribution < -0.4 is 24.6 Å². The molecule has 1 aromatic heterocycles. The van der Waals surface area contributed by atoms with Crippen molar-refractivity contribution in [3.63, 3.8) is 0 Å². The lowest BCUT2D eigenvalue weighted by atomic mass is 10.0. The summed E-state index contributed by atoms with van der Waals surface area (Å²) in [6, 6.07) is 13.7. The first-order valence-electron chi connectivity index (χ1n) is 9.71. The zero-order chi connectivity index (χ0) is 21.8. The molecule has 162 valence electrons. The van der Waals surface area contributed by atoms with E-state index in [4.69, 9.17) is 30.6 Å². The zero-order valence-electron chi connectivity index (χ0n) is 17.5. The van der Waals surface area contributed by atoms with Crippen LogP contribution in [-0.4, -0.2) is 37.9 Å². The SMILES string of the molecule is COc1cc(Nc2ncc(Cl)c(N3OCC[C@H]3c3ccccc3)n2)cc(OC)c1OC. The Hall–Kier alpha value is -3.23. The van der Waals surface area contributed by atoms with Crippen LogP contribution in [0.2, 0.25) is 5.02 Å². The molecule has 0 bridgehead atoms. The quantitative estimate of drug-likeness (QED) is 0.560. The molecule has 0 unspecified atom stereocenters. The molecule has 8 nitrogen and oxygen atoms in total. The van der Waals surface area contributed by atoms with Gasteiger partial charge in [0.05, 0.1) is 40.2 Å². The maximum atomic E-state index is 6.44. The Kier molecular flexibility index (Phi) is 6.29. The first-order chi connectivity index (χ1) is 15.1. The van der Waals surface area contributed by atoms with Crippen molar-refractivity contribution in [3.05, 3.63) is 59.2 Å². The number of nitrogens with one attached hydrogen (secondary N) is 1. The Morgan fingerprint density at radius 1 is 1.06 bits per heavy atom. The molecule has 31 heavy (non-hydrogen) atoms. The van der Waals surface area contributed by atoms with E-state index in [9.17, 15) is 0 Å². The predicted octanol–water partition coefficient (Wildman–Crippen LogP) is 4.78. The summed E-state index contributed by atoms with van der Waals surface area (Å²) < 4.78 is 16.2. The number of anilines is 3. The van der Waals surface area contributed by atoms with Gasteiger partial charge >= 0.3 is 0 Å². The summed E-state index contributed by atoms with van der Waals surface area (Å²) in [6.07, 6.45) is 2.38. The predicted molar refractivity (Wildman–Crippen MR) is 119 cm³/mol. The van der Waals surface area contributed by atoms with Crippen molar-refractivity contribution < 1.29 is 19.0 Å². The maximum absolute atomic E-state index is 6.44. The van der Waals surface area contributed by atoms with E-state index in [1.165, 1.54) is 0 Å². The van der Waals surface area contributed by atoms with Crippen LogP contribution in [0.1, 0.15) is 18.0 Å². The smallest absolute Gasteiger partial charge is 0.229 e. The highest BCUT2D eigenvalue weighted by Crippen LogP contribution is 2.41. The van der Waals surface area contributed by atoms with Crippen LogP contribution in [0, 0.1) is 0 Å². The van der Waals surface area contributed by atoms with Crippen LogP contribution >= 0.6 is 11.6 Å². The van der Waals surface area contributed by atoms with Crippen LogP contribution in [0.15, 0.2) is 48.7 Å². The summed E-state index contributed by atoms with van der Waals surface area (Å²) in [5.74, 6) is 2.40. The largest absolute Gasteiger partial charge is 0.493 e. The number of hydrogen-bond donors (Lipinski definition) is 1. The summed E-state index contributed by atoms with van der Waals surface area (Å²) in [5, 5.41) is 5.32. The third kappa shape index (κ3) is 4.30. The third-order valence-corrected chi connectivity index (χ3v) is 5.21. The van der Waals surface area contributed by atoms with E-state index in [0.717, 1.165) is 12.0 Å². The number of ether oxygens (including phenoxy) is 3. The summed E-state index contributed by atoms with van der Waals surface area (Å²) >= 11 is 6.44. The molecule has 0 amide bonds. The number of rotatable bonds is 7. The Morgan fingerprint density at radius 2 is 1.77 bits per heavy atom. The molecule has 0 aliphatic carbocycles. The van der Waals surface area contributed by atoms with Crippen LogP contribution in [0.5, 0.6) is 17.2 Å². The standard InChI is InChI=1S/C22H23ClN4O4/c1-28-18-11-15(12-19(29-2)20(18)30-3)25-22-24-13-16(23)21(26-22)27-17(9-10-31-27)14-7-5-4-6-8-14/h4-8,11-13,17H,9-10H2,1-3H3,(H,24,25,26)/t17-/m0/s1. The summed E-state index contributed by atoms with van der Waals surface area (Å²) in [4.78, 5) is 14.8. The average Bonchev–Trinajstić information content (AvgIpc) is 3.30. The van der Waals surface area contributed by atoms with Crippen LogP contribution in [-0.2, 0) is 4.84 Å². The highest BCUT2D eigenvalue weighted by molar-refractivity contribution is 6.32. The van der Waals surface area contributed by atoms with Gasteiger partial charge in [0, 0.05) is 24.2 Å². The van der Waals surface area contributed by atoms with Gasteiger partial charge in [-0.3, -0.25) is 4.84 Å². The van der Waals surface area contributed by atoms with E-state index in [1.54, 1.807) is 44.7 Å². The van der Waals surface area contributed by atoms with Gasteiger partial charge in [0.2, 0.25) is 11.7 Å². The van der Waals surface area contributed by atoms with Gasteiger partial charge in [0.15, 0.2) is 17.3 Å². The number of hydroxylamine groups is 1. The number of aromatic nitrogens is 2. The highest BCUT2D eigenvalue weighted by atomic mass is 35.5. The zero-order valence-corrected chi connectivity index (χ0v) is 18.2. The molecule has 1 atom stereocenters. The monoisotopic (exact) mass is 442 g/mol. The molecule has 2 aromatic carbocycles. The second-order valence-electron chi connectivity index (χ2n) is 6.78. The van der Waals surface area contributed by atoms with Crippen molar-refractivity contribution in [1.29, 1.82) is 0 Å². The fraction of sp³-hybridized carbons (Fsp3) is 0.273. The van der Waals surface area contributed by atoms with Crippen molar-refractivity contribution in [1.82, 2.24) is 9.97 Å². The number of methoxy groups -OCH3 is 3. The van der Waals surface area contributed by atoms with Gasteiger partial charge < -0.3 is 19.5 Å². The van der Waals surface area contributed by atoms with Gasteiger partial charge in [-0.05, 0) is 5.56 Å². The molecular formula is C22H23ClN4O4. The Balaban J connectivity index is 1.64. The van der Waals surface area contributed by atoms with Crippen molar-refractivity contribution >= 4 is 29.1 Å². The fourth-order valence-electron chi connectivity index (χ4n) is 3.51. The van der Waals surface area contributed by atoms with Gasteiger partial charge in [-0.15, -0.1) is 0 Å². The maximum Gasteiger partial charge on any atom is 0.229 e. The summed E-state index contributed by atoms with van der Waals surface area (Å²) in [5.41, 5.74) is 1.80. The van der Waals surface area contributed by atoms with E-state index >= 15 is 0 Å². The molecule has 1 N–H and O–H groups in total. The van der Waals surface area contributed by atoms with E-state index < -0.39 is 0 Å². The molecular weight excluding hydrogens is 420 g/mol. The lowest BCUT2D eigenvalue weighted by molar-refractivity contribution is 0.157. The van der Waals surface area contributed by atoms with Gasteiger partial charge in [0.1, 0.15) is 5.02 Å². The second kappa shape index (κ2) is 9.28. The second-order valence-corrected chi connectivity index (χ2v) is 7.19. The van der Waals surface area contributed by atoms with Crippen LogP contribution in [0.4, 0.5) is 17.5 Å². The Morgan fingerprint density at radius 3 is 2.42 bits per heavy atom. The Labute approximate surface area is 185 Å². The van der Waals surface area contributed by atoms with Crippen molar-refractivity contribution in [2.75, 3.05) is 38.3 Å². The summed E-state index contributed by atoms with van der Waals surface area (Å²) in [7, 11) is 4.68. The van der Waals surface area contributed by atoms with E-state index in [2.05, 4.69) is 27.4 Å². The molecule has 0 spiro atoms. The fourth-order valence-corrected chi connectivity index (χ4v) is 3.69. The molecule has 4 rings (SSSR count). The van der Waals surface area contributed by atoms with E-state index in [0.29, 0.717) is 46.3 Å². The molecule has 9 heteroatoms. The first-order valence-corrected chi connectivity index (χ1v) is 10.1. The van der Waals surface area contributed by atoms with E-state index in [-0.39, 0.29) is 6.04 Å². The minimum atomic E-state index is 0.0163. The lowest BCUT2D eigenvalue weighted by Gasteiger charge is -2.24. The number of nitrogens with zero attached hydrogens (tertiary/aromatic N) is 3. The molecule has 1 aliphatic rings. The van der Waals surface area contributed by atoms with Crippen LogP contribution in [0.3, 0.4) is 0 Å². The van der Waals surface area contributed by atoms with Crippen LogP contribution in [0.25, 0.3) is 0 Å². The third-order valence-electron chi connectivity index (χ3n) is 4.94. The van der Waals surface area contributed by atoms with E-state index in [1.807, 2.05) is 18.2 Å². The molecule has 3 aromatic rings. The molecule has 0 radical (unpaired) electrons. The van der Waals surface area contributed by atoms with Gasteiger partial charge in [-0.1, -0.05) is 41.9 Å². The van der Waals surface area contributed by atoms with Crippen molar-refractivity contribution in [2.24, 2.45) is 0 Å². The average molecular weight is 443 g/mol. The molecule has 1 fully saturated rings. The number of halogens is 1. The Bertz CT molecular complexity index is 1030. The highest BCUT2D eigenvalue weighted by Gasteiger charge is 2.30. The molecule has 0 saturated carbocycles. The van der Waals surface area contributed by atoms with Gasteiger partial charge in [-0.2, -0.15) is 4.98 Å². The summed E-state index contributed by atoms with van der Waals surface area (Å²) in [6.45, 7) is 0.579. The lowest BCUT2D eigenvalue weighted by Crippen LogP contribution is -2.23. The topological polar surface area (TPSA) is 78.0 Å². The molecule has 1 saturated heterocycles. The van der Waals surface area contributed by atoms with Gasteiger partial charge in [-0.25, -0.2) is 10.0 Å². The number of hydrogen-bond acceptors (Lipinski definition) is 8.